The smallest absolute Gasteiger partial charge is 0.408 e. The monoisotopic (exact) mass is 501 g/mol. The number of benzene rings is 2. The van der Waals surface area contributed by atoms with Gasteiger partial charge in [0.15, 0.2) is 11.5 Å². The van der Waals surface area contributed by atoms with Gasteiger partial charge < -0.3 is 29.0 Å². The molecule has 0 unspecified atom stereocenters. The third kappa shape index (κ3) is 9.77. The number of carbonyl (C=O) groups excluding carboxylic acids is 2. The molecular formula is C28H39NO7. The summed E-state index contributed by atoms with van der Waals surface area (Å²) in [5, 5.41) is 2.69. The lowest BCUT2D eigenvalue weighted by Crippen LogP contribution is -2.43. The van der Waals surface area contributed by atoms with Crippen molar-refractivity contribution < 1.29 is 33.3 Å². The first kappa shape index (κ1) is 29.0. The van der Waals surface area contributed by atoms with E-state index in [9.17, 15) is 9.59 Å². The number of amides is 1. The Morgan fingerprint density at radius 3 is 2.31 bits per heavy atom. The van der Waals surface area contributed by atoms with Crippen molar-refractivity contribution in [2.24, 2.45) is 11.8 Å². The van der Waals surface area contributed by atoms with Crippen LogP contribution in [0.3, 0.4) is 0 Å². The zero-order valence-electron chi connectivity index (χ0n) is 22.0. The highest BCUT2D eigenvalue weighted by atomic mass is 16.6. The first-order valence-corrected chi connectivity index (χ1v) is 12.2. The Morgan fingerprint density at radius 1 is 0.917 bits per heavy atom. The molecule has 2 atom stereocenters. The van der Waals surface area contributed by atoms with Crippen LogP contribution in [0.15, 0.2) is 48.5 Å². The standard InChI is InChI=1S/C28H39NO7/c1-20(2)23(16-22-12-13-25(33-4)26(17-22)35-15-9-14-32-3)18-24(27(30)34-5)29-28(31)36-19-21-10-7-6-8-11-21/h6-8,10-13,17,20,23-24H,9,14-16,18-19H2,1-5H3,(H,29,31)/t23-,24-/m0/s1. The van der Waals surface area contributed by atoms with Crippen LogP contribution in [0.25, 0.3) is 0 Å². The first-order valence-electron chi connectivity index (χ1n) is 12.2. The summed E-state index contributed by atoms with van der Waals surface area (Å²) in [5.74, 6) is 1.15. The minimum Gasteiger partial charge on any atom is -0.493 e. The van der Waals surface area contributed by atoms with E-state index >= 15 is 0 Å². The van der Waals surface area contributed by atoms with E-state index in [1.54, 1.807) is 14.2 Å². The molecule has 0 saturated carbocycles. The van der Waals surface area contributed by atoms with Crippen LogP contribution in [-0.4, -0.2) is 52.6 Å². The third-order valence-electron chi connectivity index (χ3n) is 5.95. The van der Waals surface area contributed by atoms with E-state index < -0.39 is 18.1 Å². The van der Waals surface area contributed by atoms with E-state index in [1.807, 2.05) is 48.5 Å². The average Bonchev–Trinajstić information content (AvgIpc) is 2.89. The Labute approximate surface area is 214 Å². The highest BCUT2D eigenvalue weighted by Crippen LogP contribution is 2.31. The van der Waals surface area contributed by atoms with Gasteiger partial charge in [-0.3, -0.25) is 0 Å². The maximum absolute atomic E-state index is 12.5. The second-order valence-corrected chi connectivity index (χ2v) is 8.91. The van der Waals surface area contributed by atoms with Gasteiger partial charge in [-0.25, -0.2) is 9.59 Å². The van der Waals surface area contributed by atoms with E-state index in [-0.39, 0.29) is 18.4 Å². The van der Waals surface area contributed by atoms with Crippen molar-refractivity contribution in [3.05, 3.63) is 59.7 Å². The summed E-state index contributed by atoms with van der Waals surface area (Å²) >= 11 is 0. The lowest BCUT2D eigenvalue weighted by Gasteiger charge is -2.26. The lowest BCUT2D eigenvalue weighted by atomic mass is 9.84. The zero-order chi connectivity index (χ0) is 26.3. The number of hydrogen-bond donors (Lipinski definition) is 1. The van der Waals surface area contributed by atoms with Crippen LogP contribution < -0.4 is 14.8 Å². The average molecular weight is 502 g/mol. The van der Waals surface area contributed by atoms with Gasteiger partial charge >= 0.3 is 12.1 Å². The minimum absolute atomic E-state index is 0.0817. The maximum atomic E-state index is 12.5. The van der Waals surface area contributed by atoms with Crippen LogP contribution in [-0.2, 0) is 32.0 Å². The minimum atomic E-state index is -0.825. The van der Waals surface area contributed by atoms with Gasteiger partial charge in [0, 0.05) is 20.1 Å². The highest BCUT2D eigenvalue weighted by Gasteiger charge is 2.28. The normalized spacial score (nSPS) is 12.5. The number of alkyl carbamates (subject to hydrolysis) is 1. The molecule has 0 fully saturated rings. The van der Waals surface area contributed by atoms with Gasteiger partial charge in [-0.2, -0.15) is 0 Å². The lowest BCUT2D eigenvalue weighted by molar-refractivity contribution is -0.143. The van der Waals surface area contributed by atoms with Crippen molar-refractivity contribution in [3.63, 3.8) is 0 Å². The summed E-state index contributed by atoms with van der Waals surface area (Å²) < 4.78 is 26.7. The predicted octanol–water partition coefficient (Wildman–Crippen LogP) is 4.78. The molecule has 0 aliphatic carbocycles. The van der Waals surface area contributed by atoms with Gasteiger partial charge in [-0.15, -0.1) is 0 Å². The molecule has 8 nitrogen and oxygen atoms in total. The van der Waals surface area contributed by atoms with Gasteiger partial charge in [0.1, 0.15) is 12.6 Å². The van der Waals surface area contributed by atoms with Crippen molar-refractivity contribution >= 4 is 12.1 Å². The van der Waals surface area contributed by atoms with E-state index in [0.717, 1.165) is 17.5 Å². The Balaban J connectivity index is 2.06. The molecule has 0 aromatic heterocycles. The second-order valence-electron chi connectivity index (χ2n) is 8.91. The fourth-order valence-electron chi connectivity index (χ4n) is 3.81. The molecule has 0 heterocycles. The topological polar surface area (TPSA) is 92.3 Å². The van der Waals surface area contributed by atoms with E-state index in [2.05, 4.69) is 19.2 Å². The van der Waals surface area contributed by atoms with Crippen LogP contribution in [0.4, 0.5) is 4.79 Å². The molecule has 198 valence electrons. The van der Waals surface area contributed by atoms with E-state index in [1.165, 1.54) is 7.11 Å². The van der Waals surface area contributed by atoms with Crippen molar-refractivity contribution in [2.45, 2.75) is 45.8 Å². The summed E-state index contributed by atoms with van der Waals surface area (Å²) in [5.41, 5.74) is 1.91. The Kier molecular flexibility index (Phi) is 12.6. The van der Waals surface area contributed by atoms with Gasteiger partial charge in [-0.1, -0.05) is 50.2 Å². The number of carbonyl (C=O) groups is 2. The molecule has 0 spiro atoms. The molecule has 0 bridgehead atoms. The fourth-order valence-corrected chi connectivity index (χ4v) is 3.81. The molecule has 8 heteroatoms. The summed E-state index contributed by atoms with van der Waals surface area (Å²) in [7, 11) is 4.58. The summed E-state index contributed by atoms with van der Waals surface area (Å²) in [6.07, 6.45) is 1.20. The Morgan fingerprint density at radius 2 is 1.67 bits per heavy atom. The van der Waals surface area contributed by atoms with Crippen LogP contribution in [0.2, 0.25) is 0 Å². The fraction of sp³-hybridized carbons (Fsp3) is 0.500. The molecule has 2 rings (SSSR count). The van der Waals surface area contributed by atoms with Crippen molar-refractivity contribution in [1.82, 2.24) is 5.32 Å². The van der Waals surface area contributed by atoms with E-state index in [4.69, 9.17) is 23.7 Å². The molecule has 0 radical (unpaired) electrons. The van der Waals surface area contributed by atoms with Crippen molar-refractivity contribution in [3.8, 4) is 11.5 Å². The Hall–Kier alpha value is -3.26. The Bertz CT molecular complexity index is 933. The number of methoxy groups -OCH3 is 3. The van der Waals surface area contributed by atoms with Crippen LogP contribution >= 0.6 is 0 Å². The molecule has 2 aromatic carbocycles. The second kappa shape index (κ2) is 15.7. The van der Waals surface area contributed by atoms with Gasteiger partial charge in [-0.05, 0) is 47.9 Å². The number of nitrogens with one attached hydrogen (secondary N) is 1. The predicted molar refractivity (Wildman–Crippen MR) is 137 cm³/mol. The quantitative estimate of drug-likeness (QED) is 0.277. The van der Waals surface area contributed by atoms with Crippen LogP contribution in [0, 0.1) is 11.8 Å². The molecule has 1 N–H and O–H groups in total. The van der Waals surface area contributed by atoms with Crippen LogP contribution in [0.1, 0.15) is 37.8 Å². The largest absolute Gasteiger partial charge is 0.493 e. The molecule has 0 saturated heterocycles. The number of rotatable bonds is 15. The third-order valence-corrected chi connectivity index (χ3v) is 5.95. The van der Waals surface area contributed by atoms with Gasteiger partial charge in [0.2, 0.25) is 0 Å². The summed E-state index contributed by atoms with van der Waals surface area (Å²) in [6, 6.07) is 14.4. The molecule has 1 amide bonds. The molecule has 2 aromatic rings. The molecule has 36 heavy (non-hydrogen) atoms. The number of hydrogen-bond acceptors (Lipinski definition) is 7. The first-order chi connectivity index (χ1) is 17.4. The molecule has 0 aliphatic rings. The summed E-state index contributed by atoms with van der Waals surface area (Å²) in [4.78, 5) is 24.9. The molecule has 0 aliphatic heterocycles. The number of ether oxygens (including phenoxy) is 5. The van der Waals surface area contributed by atoms with Crippen LogP contribution in [0.5, 0.6) is 11.5 Å². The maximum Gasteiger partial charge on any atom is 0.408 e. The van der Waals surface area contributed by atoms with Crippen molar-refractivity contribution in [1.29, 1.82) is 0 Å². The van der Waals surface area contributed by atoms with E-state index in [0.29, 0.717) is 37.6 Å². The van der Waals surface area contributed by atoms with Gasteiger partial charge in [0.05, 0.1) is 20.8 Å². The highest BCUT2D eigenvalue weighted by molar-refractivity contribution is 5.81. The number of esters is 1. The summed E-state index contributed by atoms with van der Waals surface area (Å²) in [6.45, 7) is 5.44. The SMILES string of the molecule is COCCCOc1cc(C[C@@H](C[C@H](NC(=O)OCc2ccccc2)C(=O)OC)C(C)C)ccc1OC. The van der Waals surface area contributed by atoms with Gasteiger partial charge in [0.25, 0.3) is 0 Å². The zero-order valence-corrected chi connectivity index (χ0v) is 22.0. The molecular weight excluding hydrogens is 462 g/mol. The van der Waals surface area contributed by atoms with Crippen molar-refractivity contribution in [2.75, 3.05) is 34.5 Å².